The van der Waals surface area contributed by atoms with E-state index in [1.807, 2.05) is 12.1 Å². The fraction of sp³-hybridized carbons (Fsp3) is 0.154. The summed E-state index contributed by atoms with van der Waals surface area (Å²) in [5.41, 5.74) is 0.609. The maximum absolute atomic E-state index is 11.5. The molecular formula is C13H12NO3+. The van der Waals surface area contributed by atoms with Crippen molar-refractivity contribution < 1.29 is 18.9 Å². The molecule has 0 amide bonds. The monoisotopic (exact) mass is 230 g/mol. The predicted octanol–water partition coefficient (Wildman–Crippen LogP) is 1.71. The minimum atomic E-state index is -0.406. The maximum atomic E-state index is 11.5. The van der Waals surface area contributed by atoms with Crippen molar-refractivity contribution in [3.63, 3.8) is 0 Å². The summed E-state index contributed by atoms with van der Waals surface area (Å²) in [4.78, 5) is 22.5. The predicted molar refractivity (Wildman–Crippen MR) is 61.8 cm³/mol. The zero-order valence-corrected chi connectivity index (χ0v) is 9.64. The Morgan fingerprint density at radius 3 is 2.47 bits per heavy atom. The number of ether oxygens (including phenoxy) is 1. The number of hydrogen-bond donors (Lipinski definition) is 0. The van der Waals surface area contributed by atoms with Crippen LogP contribution in [0.3, 0.4) is 0 Å². The van der Waals surface area contributed by atoms with Crippen molar-refractivity contribution in [3.05, 3.63) is 36.5 Å². The van der Waals surface area contributed by atoms with Crippen LogP contribution in [0.1, 0.15) is 18.6 Å². The van der Waals surface area contributed by atoms with Crippen LogP contribution in [-0.2, 0) is 4.79 Å². The molecule has 0 aliphatic heterocycles. The lowest BCUT2D eigenvalue weighted by Crippen LogP contribution is -2.40. The molecule has 0 bridgehead atoms. The van der Waals surface area contributed by atoms with E-state index in [-0.39, 0.29) is 5.91 Å². The van der Waals surface area contributed by atoms with Crippen LogP contribution in [0.4, 0.5) is 0 Å². The topological polar surface area (TPSA) is 47.2 Å². The average molecular weight is 230 g/mol. The Labute approximate surface area is 98.4 Å². The summed E-state index contributed by atoms with van der Waals surface area (Å²) in [7, 11) is 0. The summed E-state index contributed by atoms with van der Waals surface area (Å²) in [6, 6.07) is 8.96. The number of pyridine rings is 1. The zero-order chi connectivity index (χ0) is 12.4. The van der Waals surface area contributed by atoms with Gasteiger partial charge in [-0.25, -0.2) is 4.79 Å². The van der Waals surface area contributed by atoms with Crippen LogP contribution in [0, 0.1) is 0 Å². The second kappa shape index (κ2) is 4.33. The Hall–Kier alpha value is -2.23. The van der Waals surface area contributed by atoms with Gasteiger partial charge in [0, 0.05) is 13.0 Å². The smallest absolute Gasteiger partial charge is 0.389 e. The van der Waals surface area contributed by atoms with Gasteiger partial charge in [0.25, 0.3) is 5.52 Å². The highest BCUT2D eigenvalue weighted by molar-refractivity contribution is 5.86. The van der Waals surface area contributed by atoms with Crippen LogP contribution in [0.5, 0.6) is 5.75 Å². The van der Waals surface area contributed by atoms with Gasteiger partial charge in [0.15, 0.2) is 6.20 Å². The molecule has 2 aromatic rings. The first-order chi connectivity index (χ1) is 8.09. The van der Waals surface area contributed by atoms with Gasteiger partial charge in [-0.2, -0.15) is 0 Å². The van der Waals surface area contributed by atoms with Gasteiger partial charge < -0.3 is 4.74 Å². The van der Waals surface area contributed by atoms with Crippen molar-refractivity contribution in [1.82, 2.24) is 0 Å². The zero-order valence-electron chi connectivity index (χ0n) is 9.64. The summed E-state index contributed by atoms with van der Waals surface area (Å²) < 4.78 is 6.57. The molecule has 0 aliphatic rings. The highest BCUT2D eigenvalue weighted by Gasteiger charge is 2.18. The number of nitrogens with zero attached hydrogens (tertiary/aromatic N) is 1. The molecule has 0 spiro atoms. The van der Waals surface area contributed by atoms with Crippen molar-refractivity contribution in [2.24, 2.45) is 0 Å². The molecule has 86 valence electrons. The summed E-state index contributed by atoms with van der Waals surface area (Å²) >= 11 is 0. The molecule has 1 heterocycles. The highest BCUT2D eigenvalue weighted by Crippen LogP contribution is 2.22. The van der Waals surface area contributed by atoms with E-state index in [4.69, 9.17) is 4.74 Å². The van der Waals surface area contributed by atoms with Crippen molar-refractivity contribution in [3.8, 4) is 5.75 Å². The molecule has 1 aromatic heterocycles. The first-order valence-corrected chi connectivity index (χ1v) is 5.22. The summed E-state index contributed by atoms with van der Waals surface area (Å²) in [5, 5.41) is 0.849. The minimum Gasteiger partial charge on any atom is -0.420 e. The number of aromatic nitrogens is 1. The second-order valence-corrected chi connectivity index (χ2v) is 3.68. The number of carbonyl (C=O) groups is 2. The molecule has 0 aliphatic carbocycles. The minimum absolute atomic E-state index is 0.129. The molecule has 0 saturated heterocycles. The number of fused-ring (bicyclic) bond motifs is 1. The van der Waals surface area contributed by atoms with Crippen LogP contribution in [0.25, 0.3) is 10.9 Å². The van der Waals surface area contributed by atoms with Gasteiger partial charge in [0.05, 0.1) is 12.3 Å². The summed E-state index contributed by atoms with van der Waals surface area (Å²) in [5.74, 6) is -0.141. The first-order valence-electron chi connectivity index (χ1n) is 5.22. The highest BCUT2D eigenvalue weighted by atomic mass is 16.5. The Morgan fingerprint density at radius 1 is 1.12 bits per heavy atom. The molecular weight excluding hydrogens is 218 g/mol. The van der Waals surface area contributed by atoms with Crippen LogP contribution in [-0.4, -0.2) is 11.9 Å². The summed E-state index contributed by atoms with van der Waals surface area (Å²) in [6.07, 6.45) is 1.65. The van der Waals surface area contributed by atoms with Crippen molar-refractivity contribution in [2.75, 3.05) is 0 Å². The third-order valence-electron chi connectivity index (χ3n) is 2.37. The number of carbonyl (C=O) groups excluding carboxylic acids is 2. The normalized spacial score (nSPS) is 10.2. The van der Waals surface area contributed by atoms with E-state index in [2.05, 4.69) is 0 Å². The fourth-order valence-electron chi connectivity index (χ4n) is 1.74. The van der Waals surface area contributed by atoms with Gasteiger partial charge in [-0.15, -0.1) is 4.57 Å². The van der Waals surface area contributed by atoms with Crippen LogP contribution >= 0.6 is 0 Å². The van der Waals surface area contributed by atoms with E-state index in [0.717, 1.165) is 5.39 Å². The Bertz CT molecular complexity index is 599. The standard InChI is InChI=1S/C13H12NO3/c1-9(15)14-8-4-6-11-5-3-7-12(13(11)14)17-10(2)16/h3-8H,1-2H3/q+1. The Balaban J connectivity index is 2.75. The fourth-order valence-corrected chi connectivity index (χ4v) is 1.74. The lowest BCUT2D eigenvalue weighted by molar-refractivity contribution is -0.544. The molecule has 2 rings (SSSR count). The number of rotatable bonds is 1. The van der Waals surface area contributed by atoms with Gasteiger partial charge in [-0.1, -0.05) is 6.07 Å². The maximum Gasteiger partial charge on any atom is 0.389 e. The Morgan fingerprint density at radius 2 is 1.82 bits per heavy atom. The van der Waals surface area contributed by atoms with Crippen LogP contribution in [0.15, 0.2) is 36.5 Å². The van der Waals surface area contributed by atoms with E-state index in [1.165, 1.54) is 18.4 Å². The van der Waals surface area contributed by atoms with Gasteiger partial charge >= 0.3 is 11.9 Å². The van der Waals surface area contributed by atoms with E-state index in [9.17, 15) is 9.59 Å². The summed E-state index contributed by atoms with van der Waals surface area (Å²) in [6.45, 7) is 2.80. The lowest BCUT2D eigenvalue weighted by atomic mass is 10.2. The van der Waals surface area contributed by atoms with E-state index in [0.29, 0.717) is 11.3 Å². The van der Waals surface area contributed by atoms with Gasteiger partial charge in [0.1, 0.15) is 0 Å². The third-order valence-corrected chi connectivity index (χ3v) is 2.37. The molecule has 1 aromatic carbocycles. The molecule has 0 fully saturated rings. The molecule has 4 nitrogen and oxygen atoms in total. The molecule has 17 heavy (non-hydrogen) atoms. The molecule has 0 saturated carbocycles. The van der Waals surface area contributed by atoms with Crippen molar-refractivity contribution >= 4 is 22.8 Å². The number of hydrogen-bond acceptors (Lipinski definition) is 3. The quantitative estimate of drug-likeness (QED) is 0.425. The Kier molecular flexibility index (Phi) is 2.87. The van der Waals surface area contributed by atoms with Gasteiger partial charge in [-0.05, 0) is 18.2 Å². The van der Waals surface area contributed by atoms with Crippen molar-refractivity contribution in [1.29, 1.82) is 0 Å². The number of benzene rings is 1. The lowest BCUT2D eigenvalue weighted by Gasteiger charge is -2.03. The molecule has 0 N–H and O–H groups in total. The SMILES string of the molecule is CC(=O)Oc1cccc2ccc[n+](C(C)=O)c12. The number of para-hydroxylation sites is 1. The molecule has 0 atom stereocenters. The first kappa shape index (κ1) is 11.3. The molecule has 4 heteroatoms. The average Bonchev–Trinajstić information content (AvgIpc) is 2.27. The van der Waals surface area contributed by atoms with Crippen molar-refractivity contribution in [2.45, 2.75) is 13.8 Å². The van der Waals surface area contributed by atoms with E-state index in [1.54, 1.807) is 24.4 Å². The van der Waals surface area contributed by atoms with Crippen LogP contribution < -0.4 is 9.30 Å². The van der Waals surface area contributed by atoms with Gasteiger partial charge in [-0.3, -0.25) is 4.79 Å². The van der Waals surface area contributed by atoms with E-state index >= 15 is 0 Å². The van der Waals surface area contributed by atoms with E-state index < -0.39 is 5.97 Å². The third kappa shape index (κ3) is 2.15. The molecule has 0 radical (unpaired) electrons. The largest absolute Gasteiger partial charge is 0.420 e. The molecule has 0 unspecified atom stereocenters. The van der Waals surface area contributed by atoms with Crippen LogP contribution in [0.2, 0.25) is 0 Å². The second-order valence-electron chi connectivity index (χ2n) is 3.68. The van der Waals surface area contributed by atoms with Gasteiger partial charge in [0.2, 0.25) is 5.75 Å². The number of esters is 1.